The molecule has 0 heterocycles. The predicted molar refractivity (Wildman–Crippen MR) is 218 cm³/mol. The SMILES string of the molecule is CC1=[C-]C(C)(C)c2cc3c(cc21)-c1cc2c(cc1C3)C(C)(C)C=C2C.CC1=[C-]C(C)C=C1[Si](C)(C)C.Cc1cc[c-]cc1.Cl.Cl.[CH2]=[Zr].[CH3-]. The molecular formula is C44H56Cl2SiZr-4. The van der Waals surface area contributed by atoms with Crippen LogP contribution in [0.2, 0.25) is 19.6 Å². The Labute approximate surface area is 322 Å². The van der Waals surface area contributed by atoms with Gasteiger partial charge in [0, 0.05) is 5.41 Å². The van der Waals surface area contributed by atoms with Crippen LogP contribution in [-0.4, -0.2) is 12.3 Å². The van der Waals surface area contributed by atoms with Gasteiger partial charge in [0.05, 0.1) is 0 Å². The first kappa shape index (κ1) is 44.2. The van der Waals surface area contributed by atoms with E-state index in [-0.39, 0.29) is 43.1 Å². The molecule has 3 aromatic carbocycles. The molecule has 0 spiro atoms. The van der Waals surface area contributed by atoms with E-state index in [2.05, 4.69) is 141 Å². The molecule has 4 aliphatic rings. The standard InChI is InChI=1S/C25H25.C10H17Si.C7H7.CH3.CH2.2ClH.Zr/c1-14-12-24(3,4)22-8-16-7-17-9-23-19(15(2)13-25(23,5)6)11-21(17)20(16)10-18(14)22;1-8-6-9(2)10(7-8)11(3,4)5;1-7-5-3-2-4-6-7;;;;;/h8-12H,7H2,1-6H3;7-8H,1-5H3;3-6H,1H3;1H3;1H2;2*1H;/q4*-1;;;;. The molecule has 4 heteroatoms. The zero-order chi connectivity index (χ0) is 33.5. The first-order chi connectivity index (χ1) is 21.0. The van der Waals surface area contributed by atoms with Crippen LogP contribution in [0.15, 0.2) is 71.5 Å². The minimum Gasteiger partial charge on any atom is -0.358 e. The first-order valence-electron chi connectivity index (χ1n) is 16.3. The topological polar surface area (TPSA) is 0 Å². The van der Waals surface area contributed by atoms with Gasteiger partial charge in [-0.1, -0.05) is 105 Å². The summed E-state index contributed by atoms with van der Waals surface area (Å²) in [6, 6.07) is 20.6. The first-order valence-corrected chi connectivity index (χ1v) is 21.5. The zero-order valence-corrected chi connectivity index (χ0v) is 36.7. The Hall–Kier alpha value is -1.83. The van der Waals surface area contributed by atoms with Crippen LogP contribution in [0.25, 0.3) is 22.3 Å². The van der Waals surface area contributed by atoms with Gasteiger partial charge in [-0.15, -0.1) is 36.4 Å². The maximum absolute atomic E-state index is 3.65. The fourth-order valence-electron chi connectivity index (χ4n) is 7.39. The van der Waals surface area contributed by atoms with Gasteiger partial charge in [-0.3, -0.25) is 12.2 Å². The van der Waals surface area contributed by atoms with Crippen molar-refractivity contribution in [3.05, 3.63) is 136 Å². The van der Waals surface area contributed by atoms with E-state index in [1.807, 2.05) is 24.3 Å². The van der Waals surface area contributed by atoms with Gasteiger partial charge in [0.25, 0.3) is 0 Å². The van der Waals surface area contributed by atoms with Crippen LogP contribution < -0.4 is 0 Å². The summed E-state index contributed by atoms with van der Waals surface area (Å²) in [4.78, 5) is 0. The van der Waals surface area contributed by atoms with Crippen LogP contribution in [0, 0.1) is 38.5 Å². The van der Waals surface area contributed by atoms with Crippen molar-refractivity contribution >= 4 is 48.2 Å². The van der Waals surface area contributed by atoms with Gasteiger partial charge in [-0.2, -0.15) is 47.5 Å². The minimum atomic E-state index is -1.07. The molecule has 258 valence electrons. The average Bonchev–Trinajstić information content (AvgIpc) is 3.63. The third-order valence-corrected chi connectivity index (χ3v) is 11.5. The van der Waals surface area contributed by atoms with Crippen molar-refractivity contribution in [2.24, 2.45) is 5.92 Å². The normalized spacial score (nSPS) is 17.8. The monoisotopic (exact) mass is 772 g/mol. The van der Waals surface area contributed by atoms with Gasteiger partial charge in [0.2, 0.25) is 0 Å². The number of hydrogen-bond acceptors (Lipinski definition) is 0. The van der Waals surface area contributed by atoms with Gasteiger partial charge in [0.1, 0.15) is 0 Å². The van der Waals surface area contributed by atoms with Crippen molar-refractivity contribution in [3.63, 3.8) is 0 Å². The van der Waals surface area contributed by atoms with E-state index in [9.17, 15) is 0 Å². The third-order valence-electron chi connectivity index (χ3n) is 9.39. The summed E-state index contributed by atoms with van der Waals surface area (Å²) in [6.07, 6.45) is 12.9. The molecule has 7 rings (SSSR count). The Morgan fingerprint density at radius 2 is 1.29 bits per heavy atom. The number of aryl methyl sites for hydroxylation is 1. The Morgan fingerprint density at radius 3 is 1.73 bits per heavy atom. The molecule has 0 radical (unpaired) electrons. The number of hydrogen-bond donors (Lipinski definition) is 0. The molecule has 1 atom stereocenters. The van der Waals surface area contributed by atoms with E-state index in [0.717, 1.165) is 6.42 Å². The molecule has 0 fully saturated rings. The van der Waals surface area contributed by atoms with Crippen LogP contribution >= 0.6 is 24.8 Å². The molecule has 0 N–H and O–H groups in total. The second-order valence-electron chi connectivity index (χ2n) is 15.2. The predicted octanol–water partition coefficient (Wildman–Crippen LogP) is 12.7. The van der Waals surface area contributed by atoms with E-state index in [0.29, 0.717) is 5.92 Å². The van der Waals surface area contributed by atoms with Gasteiger partial charge < -0.3 is 7.43 Å². The van der Waals surface area contributed by atoms with Gasteiger partial charge in [0.15, 0.2) is 0 Å². The van der Waals surface area contributed by atoms with Crippen molar-refractivity contribution in [2.45, 2.75) is 99.2 Å². The van der Waals surface area contributed by atoms with E-state index < -0.39 is 8.07 Å². The molecule has 0 aromatic heterocycles. The molecule has 48 heavy (non-hydrogen) atoms. The van der Waals surface area contributed by atoms with E-state index in [1.165, 1.54) is 91.0 Å². The molecule has 0 saturated carbocycles. The summed E-state index contributed by atoms with van der Waals surface area (Å²) in [5, 5.41) is 1.60. The van der Waals surface area contributed by atoms with Crippen LogP contribution in [0.4, 0.5) is 0 Å². The van der Waals surface area contributed by atoms with Crippen LogP contribution in [0.5, 0.6) is 0 Å². The smallest absolute Gasteiger partial charge is 0.358 e. The second-order valence-corrected chi connectivity index (χ2v) is 20.2. The molecule has 1 unspecified atom stereocenters. The maximum Gasteiger partial charge on any atom is -0.358 e. The second kappa shape index (κ2) is 16.9. The van der Waals surface area contributed by atoms with Gasteiger partial charge in [-0.05, 0) is 66.4 Å². The molecule has 0 saturated heterocycles. The third kappa shape index (κ3) is 9.28. The van der Waals surface area contributed by atoms with Gasteiger partial charge >= 0.3 is 28.4 Å². The summed E-state index contributed by atoms with van der Waals surface area (Å²) in [7, 11) is -1.07. The van der Waals surface area contributed by atoms with Crippen LogP contribution in [-0.2, 0) is 41.5 Å². The molecular weight excluding hydrogens is 719 g/mol. The molecule has 0 aliphatic heterocycles. The maximum atomic E-state index is 3.65. The number of benzene rings is 3. The van der Waals surface area contributed by atoms with Crippen molar-refractivity contribution in [2.75, 3.05) is 0 Å². The Kier molecular flexibility index (Phi) is 15.6. The van der Waals surface area contributed by atoms with E-state index >= 15 is 0 Å². The Balaban J connectivity index is 0.000000420. The van der Waals surface area contributed by atoms with E-state index in [1.54, 1.807) is 5.20 Å². The van der Waals surface area contributed by atoms with E-state index in [4.69, 9.17) is 0 Å². The van der Waals surface area contributed by atoms with Crippen molar-refractivity contribution in [1.29, 1.82) is 0 Å². The largest absolute Gasteiger partial charge is 0.358 e. The molecule has 0 bridgehead atoms. The van der Waals surface area contributed by atoms with Gasteiger partial charge in [-0.25, -0.2) is 16.3 Å². The molecule has 4 aliphatic carbocycles. The van der Waals surface area contributed by atoms with Crippen molar-refractivity contribution in [1.82, 2.24) is 0 Å². The van der Waals surface area contributed by atoms with Crippen molar-refractivity contribution in [3.8, 4) is 11.1 Å². The summed E-state index contributed by atoms with van der Waals surface area (Å²) >= 11 is 1.30. The number of fused-ring (bicyclic) bond motifs is 5. The average molecular weight is 775 g/mol. The number of rotatable bonds is 1. The Bertz CT molecular complexity index is 1650. The zero-order valence-electron chi connectivity index (χ0n) is 31.6. The summed E-state index contributed by atoms with van der Waals surface area (Å²) in [5.74, 6) is 0.553. The van der Waals surface area contributed by atoms with Crippen molar-refractivity contribution < 1.29 is 24.2 Å². The molecule has 0 amide bonds. The van der Waals surface area contributed by atoms with Crippen LogP contribution in [0.1, 0.15) is 94.3 Å². The number of halogens is 2. The minimum absolute atomic E-state index is 0. The van der Waals surface area contributed by atoms with Crippen LogP contribution in [0.3, 0.4) is 0 Å². The fraction of sp³-hybridized carbons (Fsp3) is 0.364. The Morgan fingerprint density at radius 1 is 0.771 bits per heavy atom. The number of allylic oxidation sites excluding steroid dienone is 8. The summed E-state index contributed by atoms with van der Waals surface area (Å²) < 4.78 is 3.34. The quantitative estimate of drug-likeness (QED) is 0.133. The molecule has 3 aromatic rings. The molecule has 0 nitrogen and oxygen atoms in total. The summed E-state index contributed by atoms with van der Waals surface area (Å²) in [6.45, 7) is 27.3. The summed E-state index contributed by atoms with van der Waals surface area (Å²) in [5.41, 5.74) is 17.2. The fourth-order valence-corrected chi connectivity index (χ4v) is 9.34.